The fourth-order valence-corrected chi connectivity index (χ4v) is 2.81. The maximum Gasteiger partial charge on any atom is 0.113 e. The van der Waals surface area contributed by atoms with E-state index in [1.807, 2.05) is 24.8 Å². The quantitative estimate of drug-likeness (QED) is 0.699. The van der Waals surface area contributed by atoms with Gasteiger partial charge in [0.15, 0.2) is 0 Å². The first-order chi connectivity index (χ1) is 10.8. The Kier molecular flexibility index (Phi) is 4.37. The largest absolute Gasteiger partial charge is 0.335 e. The van der Waals surface area contributed by atoms with Crippen LogP contribution < -0.4 is 0 Å². The van der Waals surface area contributed by atoms with Crippen molar-refractivity contribution in [3.63, 3.8) is 0 Å². The van der Waals surface area contributed by atoms with E-state index in [0.717, 1.165) is 37.6 Å². The number of aromatic nitrogens is 4. The summed E-state index contributed by atoms with van der Waals surface area (Å²) in [6, 6.07) is 8.74. The van der Waals surface area contributed by atoms with Gasteiger partial charge in [-0.3, -0.25) is 0 Å². The van der Waals surface area contributed by atoms with Gasteiger partial charge in [0.1, 0.15) is 11.6 Å². The minimum Gasteiger partial charge on any atom is -0.335 e. The molecule has 114 valence electrons. The van der Waals surface area contributed by atoms with Crippen LogP contribution in [0.25, 0.3) is 0 Å². The lowest BCUT2D eigenvalue weighted by atomic mass is 10.1. The predicted molar refractivity (Wildman–Crippen MR) is 87.9 cm³/mol. The highest BCUT2D eigenvalue weighted by Gasteiger charge is 2.06. The molecule has 4 nitrogen and oxygen atoms in total. The lowest BCUT2D eigenvalue weighted by Crippen LogP contribution is -2.04. The van der Waals surface area contributed by atoms with E-state index in [-0.39, 0.29) is 0 Å². The number of hydrogen-bond donors (Lipinski definition) is 0. The Labute approximate surface area is 131 Å². The summed E-state index contributed by atoms with van der Waals surface area (Å²) in [5.41, 5.74) is 2.60. The Bertz CT molecular complexity index is 679. The molecule has 0 spiro atoms. The van der Waals surface area contributed by atoms with Crippen LogP contribution in [0, 0.1) is 0 Å². The summed E-state index contributed by atoms with van der Waals surface area (Å²) >= 11 is 0. The zero-order valence-electron chi connectivity index (χ0n) is 13.2. The predicted octanol–water partition coefficient (Wildman–Crippen LogP) is 3.30. The van der Waals surface area contributed by atoms with E-state index >= 15 is 0 Å². The zero-order chi connectivity index (χ0) is 15.4. The molecule has 0 saturated heterocycles. The van der Waals surface area contributed by atoms with Gasteiger partial charge >= 0.3 is 0 Å². The van der Waals surface area contributed by atoms with Gasteiger partial charge in [0.25, 0.3) is 0 Å². The molecule has 3 rings (SSSR count). The Balaban J connectivity index is 1.78. The van der Waals surface area contributed by atoms with Crippen LogP contribution in [-0.4, -0.2) is 19.1 Å². The molecule has 0 unspecified atom stereocenters. The lowest BCUT2D eigenvalue weighted by Gasteiger charge is -2.08. The normalized spacial score (nSPS) is 11.0. The molecule has 0 atom stereocenters. The molecule has 0 fully saturated rings. The number of aryl methyl sites for hydroxylation is 2. The van der Waals surface area contributed by atoms with Gasteiger partial charge in [-0.15, -0.1) is 0 Å². The minimum atomic E-state index is 0.872. The monoisotopic (exact) mass is 294 g/mol. The molecule has 0 aliphatic rings. The second-order valence-corrected chi connectivity index (χ2v) is 5.43. The van der Waals surface area contributed by atoms with Crippen molar-refractivity contribution >= 4 is 0 Å². The van der Waals surface area contributed by atoms with E-state index < -0.39 is 0 Å². The standard InChI is InChI=1S/C18H22N4/c1-3-21-10-8-19-17(21)13-15-6-5-7-16(12-15)14-18-20-9-11-22(18)4-2/h5-12H,3-4,13-14H2,1-2H3. The molecule has 22 heavy (non-hydrogen) atoms. The van der Waals surface area contributed by atoms with Gasteiger partial charge in [-0.25, -0.2) is 9.97 Å². The summed E-state index contributed by atoms with van der Waals surface area (Å²) in [4.78, 5) is 8.92. The molecule has 4 heteroatoms. The number of imidazole rings is 2. The average molecular weight is 294 g/mol. The van der Waals surface area contributed by atoms with Crippen molar-refractivity contribution in [1.29, 1.82) is 0 Å². The molecule has 2 aromatic heterocycles. The molecule has 0 saturated carbocycles. The summed E-state index contributed by atoms with van der Waals surface area (Å²) in [6.45, 7) is 6.21. The minimum absolute atomic E-state index is 0.872. The first kappa shape index (κ1) is 14.6. The van der Waals surface area contributed by atoms with Crippen LogP contribution >= 0.6 is 0 Å². The smallest absolute Gasteiger partial charge is 0.113 e. The average Bonchev–Trinajstić information content (AvgIpc) is 3.16. The third kappa shape index (κ3) is 3.11. The number of nitrogens with zero attached hydrogens (tertiary/aromatic N) is 4. The van der Waals surface area contributed by atoms with Crippen molar-refractivity contribution < 1.29 is 0 Å². The lowest BCUT2D eigenvalue weighted by molar-refractivity contribution is 0.709. The molecule has 0 aliphatic heterocycles. The Morgan fingerprint density at radius 2 is 1.32 bits per heavy atom. The summed E-state index contributed by atoms with van der Waals surface area (Å²) in [5.74, 6) is 2.24. The Morgan fingerprint density at radius 3 is 1.77 bits per heavy atom. The number of benzene rings is 1. The van der Waals surface area contributed by atoms with Gasteiger partial charge < -0.3 is 9.13 Å². The van der Waals surface area contributed by atoms with E-state index in [2.05, 4.69) is 57.2 Å². The second-order valence-electron chi connectivity index (χ2n) is 5.43. The van der Waals surface area contributed by atoms with Crippen LogP contribution in [0.15, 0.2) is 49.1 Å². The highest BCUT2D eigenvalue weighted by atomic mass is 15.1. The highest BCUT2D eigenvalue weighted by molar-refractivity contribution is 5.28. The first-order valence-electron chi connectivity index (χ1n) is 7.88. The van der Waals surface area contributed by atoms with Gasteiger partial charge in [-0.05, 0) is 25.0 Å². The Morgan fingerprint density at radius 1 is 0.818 bits per heavy atom. The van der Waals surface area contributed by atoms with Gasteiger partial charge in [-0.1, -0.05) is 24.3 Å². The van der Waals surface area contributed by atoms with E-state index in [9.17, 15) is 0 Å². The van der Waals surface area contributed by atoms with Crippen molar-refractivity contribution in [2.45, 2.75) is 39.8 Å². The van der Waals surface area contributed by atoms with Gasteiger partial charge in [0.05, 0.1) is 0 Å². The molecular weight excluding hydrogens is 272 g/mol. The Hall–Kier alpha value is -2.36. The molecule has 0 radical (unpaired) electrons. The van der Waals surface area contributed by atoms with Gasteiger partial charge in [0.2, 0.25) is 0 Å². The van der Waals surface area contributed by atoms with E-state index in [1.54, 1.807) is 0 Å². The van der Waals surface area contributed by atoms with Crippen molar-refractivity contribution in [3.8, 4) is 0 Å². The zero-order valence-corrected chi connectivity index (χ0v) is 13.2. The molecule has 0 aliphatic carbocycles. The maximum absolute atomic E-state index is 4.46. The van der Waals surface area contributed by atoms with Crippen molar-refractivity contribution in [1.82, 2.24) is 19.1 Å². The van der Waals surface area contributed by atoms with Crippen molar-refractivity contribution in [3.05, 3.63) is 71.8 Å². The van der Waals surface area contributed by atoms with E-state index in [1.165, 1.54) is 11.1 Å². The van der Waals surface area contributed by atoms with Crippen LogP contribution in [0.3, 0.4) is 0 Å². The van der Waals surface area contributed by atoms with Gasteiger partial charge in [-0.2, -0.15) is 0 Å². The fraction of sp³-hybridized carbons (Fsp3) is 0.333. The highest BCUT2D eigenvalue weighted by Crippen LogP contribution is 2.14. The van der Waals surface area contributed by atoms with Crippen molar-refractivity contribution in [2.75, 3.05) is 0 Å². The molecule has 1 aromatic carbocycles. The molecule has 2 heterocycles. The van der Waals surface area contributed by atoms with Crippen LogP contribution in [0.1, 0.15) is 36.6 Å². The first-order valence-corrected chi connectivity index (χ1v) is 7.88. The van der Waals surface area contributed by atoms with Crippen LogP contribution in [-0.2, 0) is 25.9 Å². The maximum atomic E-state index is 4.46. The summed E-state index contributed by atoms with van der Waals surface area (Å²) < 4.78 is 4.38. The summed E-state index contributed by atoms with van der Waals surface area (Å²) in [5, 5.41) is 0. The SMILES string of the molecule is CCn1ccnc1Cc1cccc(Cc2nccn2CC)c1. The molecule has 0 amide bonds. The molecule has 0 bridgehead atoms. The molecular formula is C18H22N4. The summed E-state index contributed by atoms with van der Waals surface area (Å²) in [7, 11) is 0. The van der Waals surface area contributed by atoms with E-state index in [4.69, 9.17) is 0 Å². The summed E-state index contributed by atoms with van der Waals surface area (Å²) in [6.07, 6.45) is 9.57. The number of hydrogen-bond acceptors (Lipinski definition) is 2. The van der Waals surface area contributed by atoms with Crippen LogP contribution in [0.5, 0.6) is 0 Å². The van der Waals surface area contributed by atoms with Crippen LogP contribution in [0.2, 0.25) is 0 Å². The van der Waals surface area contributed by atoms with Crippen LogP contribution in [0.4, 0.5) is 0 Å². The van der Waals surface area contributed by atoms with Crippen molar-refractivity contribution in [2.24, 2.45) is 0 Å². The van der Waals surface area contributed by atoms with E-state index in [0.29, 0.717) is 0 Å². The topological polar surface area (TPSA) is 35.6 Å². The molecule has 3 aromatic rings. The second kappa shape index (κ2) is 6.60. The fourth-order valence-electron chi connectivity index (χ4n) is 2.81. The third-order valence-corrected chi connectivity index (χ3v) is 4.00. The third-order valence-electron chi connectivity index (χ3n) is 4.00. The van der Waals surface area contributed by atoms with Gasteiger partial charge in [0, 0.05) is 50.7 Å². The number of rotatable bonds is 6. The molecule has 0 N–H and O–H groups in total.